The molecule has 1 atom stereocenters. The van der Waals surface area contributed by atoms with Crippen LogP contribution in [0.4, 0.5) is 10.7 Å². The van der Waals surface area contributed by atoms with E-state index in [9.17, 15) is 4.79 Å². The van der Waals surface area contributed by atoms with Gasteiger partial charge in [-0.25, -0.2) is 0 Å². The Labute approximate surface area is 132 Å². The molecule has 0 aromatic carbocycles. The Bertz CT molecular complexity index is 619. The number of carbonyl (C=O) groups excluding carboxylic acids is 1. The number of thioether (sulfide) groups is 1. The van der Waals surface area contributed by atoms with Crippen molar-refractivity contribution in [2.45, 2.75) is 31.7 Å². The number of nitrogens with two attached hydrogens (primary N) is 1. The number of Topliss-reactive ketones (excluding diaryl/α,β-unsaturated/α-hetero) is 1. The second-order valence-corrected chi connectivity index (χ2v) is 6.96. The molecule has 0 saturated heterocycles. The van der Waals surface area contributed by atoms with Gasteiger partial charge in [0.1, 0.15) is 5.00 Å². The van der Waals surface area contributed by atoms with Crippen LogP contribution >= 0.6 is 23.1 Å². The molecule has 7 heteroatoms. The summed E-state index contributed by atoms with van der Waals surface area (Å²) in [5.41, 5.74) is 7.81. The van der Waals surface area contributed by atoms with Crippen LogP contribution < -0.4 is 11.1 Å². The van der Waals surface area contributed by atoms with Gasteiger partial charge >= 0.3 is 0 Å². The molecule has 1 unspecified atom stereocenters. The Balaban J connectivity index is 2.31. The normalized spacial score (nSPS) is 12.6. The fourth-order valence-corrected chi connectivity index (χ4v) is 4.15. The van der Waals surface area contributed by atoms with Crippen molar-refractivity contribution in [2.75, 3.05) is 17.3 Å². The highest BCUT2D eigenvalue weighted by Crippen LogP contribution is 2.43. The zero-order valence-electron chi connectivity index (χ0n) is 12.6. The minimum Gasteiger partial charge on any atom is -0.396 e. The number of aromatic amines is 1. The summed E-state index contributed by atoms with van der Waals surface area (Å²) in [5, 5.41) is 11.1. The number of hydrogen-bond donors (Lipinski definition) is 3. The monoisotopic (exact) mass is 324 g/mol. The van der Waals surface area contributed by atoms with E-state index < -0.39 is 0 Å². The molecular formula is C14H20N4OS2. The Hall–Kier alpha value is -1.47. The molecule has 0 spiro atoms. The molecule has 0 amide bonds. The maximum Gasteiger partial charge on any atom is 0.177 e. The third-order valence-electron chi connectivity index (χ3n) is 3.22. The Kier molecular flexibility index (Phi) is 4.95. The number of rotatable bonds is 6. The number of nitrogens with one attached hydrogen (secondary N) is 2. The molecule has 0 saturated carbocycles. The third kappa shape index (κ3) is 3.24. The van der Waals surface area contributed by atoms with Crippen LogP contribution in [0.3, 0.4) is 0 Å². The molecule has 0 aliphatic rings. The molecule has 5 nitrogen and oxygen atoms in total. The first-order chi connectivity index (χ1) is 9.95. The number of thiophene rings is 1. The van der Waals surface area contributed by atoms with Crippen molar-refractivity contribution in [1.82, 2.24) is 10.2 Å². The number of H-pyrrole nitrogens is 1. The van der Waals surface area contributed by atoms with E-state index in [1.54, 1.807) is 18.0 Å². The molecule has 0 bridgehead atoms. The predicted octanol–water partition coefficient (Wildman–Crippen LogP) is 3.79. The smallest absolute Gasteiger partial charge is 0.177 e. The van der Waals surface area contributed by atoms with Crippen LogP contribution in [0.25, 0.3) is 0 Å². The van der Waals surface area contributed by atoms with Crippen molar-refractivity contribution in [3.63, 3.8) is 0 Å². The molecule has 2 aromatic rings. The lowest BCUT2D eigenvalue weighted by molar-refractivity contribution is 0.0944. The minimum absolute atomic E-state index is 0.0557. The molecule has 0 radical (unpaired) electrons. The van der Waals surface area contributed by atoms with Gasteiger partial charge in [0.15, 0.2) is 5.78 Å². The lowest BCUT2D eigenvalue weighted by Gasteiger charge is -2.13. The maximum atomic E-state index is 12.2. The van der Waals surface area contributed by atoms with Gasteiger partial charge in [-0.15, -0.1) is 23.1 Å². The summed E-state index contributed by atoms with van der Waals surface area (Å²) in [4.78, 5) is 13.8. The van der Waals surface area contributed by atoms with E-state index in [-0.39, 0.29) is 17.7 Å². The molecule has 0 fully saturated rings. The van der Waals surface area contributed by atoms with Crippen LogP contribution in [0.1, 0.15) is 42.0 Å². The molecular weight excluding hydrogens is 304 g/mol. The fourth-order valence-electron chi connectivity index (χ4n) is 1.95. The first kappa shape index (κ1) is 15.9. The van der Waals surface area contributed by atoms with Crippen molar-refractivity contribution in [3.8, 4) is 0 Å². The summed E-state index contributed by atoms with van der Waals surface area (Å²) >= 11 is 2.99. The van der Waals surface area contributed by atoms with E-state index in [4.69, 9.17) is 5.73 Å². The molecule has 2 aromatic heterocycles. The minimum atomic E-state index is -0.0557. The second kappa shape index (κ2) is 6.53. The van der Waals surface area contributed by atoms with Gasteiger partial charge in [-0.1, -0.05) is 13.8 Å². The summed E-state index contributed by atoms with van der Waals surface area (Å²) < 4.78 is 0. The summed E-state index contributed by atoms with van der Waals surface area (Å²) in [5.74, 6) is 0.0385. The van der Waals surface area contributed by atoms with Gasteiger partial charge < -0.3 is 11.1 Å². The topological polar surface area (TPSA) is 83.8 Å². The van der Waals surface area contributed by atoms with Crippen molar-refractivity contribution in [2.24, 2.45) is 5.92 Å². The molecule has 2 rings (SSSR count). The van der Waals surface area contributed by atoms with E-state index in [1.165, 1.54) is 11.3 Å². The first-order valence-electron chi connectivity index (χ1n) is 6.71. The number of ketones is 1. The van der Waals surface area contributed by atoms with Crippen LogP contribution in [0.2, 0.25) is 0 Å². The maximum absolute atomic E-state index is 12.2. The molecule has 114 valence electrons. The van der Waals surface area contributed by atoms with E-state index in [2.05, 4.69) is 22.4 Å². The first-order valence-corrected chi connectivity index (χ1v) is 8.75. The zero-order valence-corrected chi connectivity index (χ0v) is 14.2. The molecule has 21 heavy (non-hydrogen) atoms. The van der Waals surface area contributed by atoms with Crippen LogP contribution in [0.5, 0.6) is 0 Å². The zero-order chi connectivity index (χ0) is 15.6. The SMILES string of the molecule is CSc1c(NC(C)c2cn[nH]c2)sc(C(=O)C(C)C)c1N. The number of carbonyl (C=O) groups is 1. The molecule has 0 aliphatic heterocycles. The number of hydrogen-bond acceptors (Lipinski definition) is 6. The third-order valence-corrected chi connectivity index (χ3v) is 5.33. The summed E-state index contributed by atoms with van der Waals surface area (Å²) in [6.07, 6.45) is 5.61. The standard InChI is InChI=1S/C14H20N4OS2/c1-7(2)11(19)12-10(15)13(20-4)14(21-12)18-8(3)9-5-16-17-6-9/h5-8,18H,15H2,1-4H3,(H,16,17). The molecule has 2 heterocycles. The summed E-state index contributed by atoms with van der Waals surface area (Å²) in [6.45, 7) is 5.83. The number of anilines is 2. The molecule has 4 N–H and O–H groups in total. The largest absolute Gasteiger partial charge is 0.396 e. The average Bonchev–Trinajstić information content (AvgIpc) is 3.06. The van der Waals surface area contributed by atoms with Gasteiger partial charge in [0.05, 0.1) is 27.7 Å². The van der Waals surface area contributed by atoms with Crippen molar-refractivity contribution in [3.05, 3.63) is 22.8 Å². The van der Waals surface area contributed by atoms with E-state index >= 15 is 0 Å². The van der Waals surface area contributed by atoms with Crippen LogP contribution in [-0.2, 0) is 0 Å². The quantitative estimate of drug-likeness (QED) is 0.556. The fraction of sp³-hybridized carbons (Fsp3) is 0.429. The van der Waals surface area contributed by atoms with E-state index in [0.29, 0.717) is 10.6 Å². The van der Waals surface area contributed by atoms with E-state index in [0.717, 1.165) is 15.5 Å². The van der Waals surface area contributed by atoms with Gasteiger partial charge in [0.2, 0.25) is 0 Å². The Morgan fingerprint density at radius 2 is 2.19 bits per heavy atom. The van der Waals surface area contributed by atoms with Gasteiger partial charge in [0, 0.05) is 17.7 Å². The lowest BCUT2D eigenvalue weighted by atomic mass is 10.1. The summed E-state index contributed by atoms with van der Waals surface area (Å²) in [6, 6.07) is 0.0923. The van der Waals surface area contributed by atoms with Crippen molar-refractivity contribution < 1.29 is 4.79 Å². The predicted molar refractivity (Wildman–Crippen MR) is 90.3 cm³/mol. The van der Waals surface area contributed by atoms with Crippen LogP contribution in [-0.4, -0.2) is 22.2 Å². The highest BCUT2D eigenvalue weighted by atomic mass is 32.2. The molecule has 0 aliphatic carbocycles. The van der Waals surface area contributed by atoms with Crippen molar-refractivity contribution in [1.29, 1.82) is 0 Å². The van der Waals surface area contributed by atoms with E-state index in [1.807, 2.05) is 26.3 Å². The number of nitrogens with zero attached hydrogens (tertiary/aromatic N) is 1. The van der Waals surface area contributed by atoms with Gasteiger partial charge in [-0.2, -0.15) is 5.10 Å². The summed E-state index contributed by atoms with van der Waals surface area (Å²) in [7, 11) is 0. The van der Waals surface area contributed by atoms with Crippen molar-refractivity contribution >= 4 is 39.6 Å². The van der Waals surface area contributed by atoms with Gasteiger partial charge in [0.25, 0.3) is 0 Å². The second-order valence-electron chi connectivity index (χ2n) is 5.12. The van der Waals surface area contributed by atoms with Gasteiger partial charge in [-0.05, 0) is 13.2 Å². The highest BCUT2D eigenvalue weighted by Gasteiger charge is 2.23. The van der Waals surface area contributed by atoms with Crippen LogP contribution in [0.15, 0.2) is 17.3 Å². The lowest BCUT2D eigenvalue weighted by Crippen LogP contribution is -2.07. The van der Waals surface area contributed by atoms with Gasteiger partial charge in [-0.3, -0.25) is 9.89 Å². The van der Waals surface area contributed by atoms with Crippen LogP contribution in [0, 0.1) is 5.92 Å². The highest BCUT2D eigenvalue weighted by molar-refractivity contribution is 7.99. The average molecular weight is 324 g/mol. The number of aromatic nitrogens is 2. The Morgan fingerprint density at radius 1 is 1.48 bits per heavy atom. The Morgan fingerprint density at radius 3 is 2.71 bits per heavy atom. The number of nitrogen functional groups attached to an aromatic ring is 1.